The Balaban J connectivity index is 1.89. The normalized spacial score (nSPS) is 16.3. The number of anilines is 1. The molecule has 0 aliphatic heterocycles. The van der Waals surface area contributed by atoms with Crippen LogP contribution in [0.4, 0.5) is 19.0 Å². The third-order valence-electron chi connectivity index (χ3n) is 5.42. The standard InChI is InChI=1S/C22H27F3N4O3/c23-22(24,25)15-9-7-14(8-10-15)18-12-26-20(21(32)27-11-17(31)13-30)29-19(18)28-16-5-3-1-2-4-6-16/h7-10,12,16-17,30-31H,1-6,11,13H2,(H,27,32)(H,26,28,29). The minimum atomic E-state index is -4.43. The molecular weight excluding hydrogens is 425 g/mol. The van der Waals surface area contributed by atoms with E-state index >= 15 is 0 Å². The Morgan fingerprint density at radius 1 is 1.12 bits per heavy atom. The van der Waals surface area contributed by atoms with Crippen LogP contribution < -0.4 is 10.6 Å². The molecule has 1 aliphatic carbocycles. The fourth-order valence-electron chi connectivity index (χ4n) is 3.62. The van der Waals surface area contributed by atoms with Crippen molar-refractivity contribution in [2.45, 2.75) is 56.8 Å². The molecule has 1 unspecified atom stereocenters. The van der Waals surface area contributed by atoms with Crippen molar-refractivity contribution in [3.8, 4) is 11.1 Å². The molecular formula is C22H27F3N4O3. The van der Waals surface area contributed by atoms with E-state index in [0.717, 1.165) is 50.7 Å². The lowest BCUT2D eigenvalue weighted by atomic mass is 10.0. The molecule has 7 nitrogen and oxygen atoms in total. The molecule has 1 aromatic heterocycles. The summed E-state index contributed by atoms with van der Waals surface area (Å²) in [7, 11) is 0. The number of amides is 1. The first kappa shape index (κ1) is 23.9. The summed E-state index contributed by atoms with van der Waals surface area (Å²) in [6.45, 7) is -0.660. The van der Waals surface area contributed by atoms with Crippen LogP contribution in [0.1, 0.15) is 54.7 Å². The molecule has 1 heterocycles. The van der Waals surface area contributed by atoms with Gasteiger partial charge >= 0.3 is 6.18 Å². The second-order valence-electron chi connectivity index (χ2n) is 7.91. The zero-order valence-electron chi connectivity index (χ0n) is 17.5. The van der Waals surface area contributed by atoms with Gasteiger partial charge in [0.05, 0.1) is 18.3 Å². The maximum Gasteiger partial charge on any atom is 0.416 e. The molecule has 1 fully saturated rings. The van der Waals surface area contributed by atoms with E-state index in [0.29, 0.717) is 16.9 Å². The molecule has 0 saturated heterocycles. The summed E-state index contributed by atoms with van der Waals surface area (Å²) in [6, 6.07) is 4.85. The van der Waals surface area contributed by atoms with E-state index in [1.807, 2.05) is 0 Å². The van der Waals surface area contributed by atoms with E-state index in [4.69, 9.17) is 5.11 Å². The number of nitrogens with zero attached hydrogens (tertiary/aromatic N) is 2. The average molecular weight is 452 g/mol. The lowest BCUT2D eigenvalue weighted by Crippen LogP contribution is -2.35. The Morgan fingerprint density at radius 3 is 2.38 bits per heavy atom. The summed E-state index contributed by atoms with van der Waals surface area (Å²) in [4.78, 5) is 20.8. The highest BCUT2D eigenvalue weighted by Crippen LogP contribution is 2.33. The summed E-state index contributed by atoms with van der Waals surface area (Å²) in [6.07, 6.45) is 2.15. The third-order valence-corrected chi connectivity index (χ3v) is 5.42. The number of halogens is 3. The van der Waals surface area contributed by atoms with Crippen LogP contribution in [0.2, 0.25) is 0 Å². The van der Waals surface area contributed by atoms with E-state index in [1.54, 1.807) is 0 Å². The van der Waals surface area contributed by atoms with Gasteiger partial charge in [-0.15, -0.1) is 0 Å². The number of hydrogen-bond acceptors (Lipinski definition) is 6. The average Bonchev–Trinajstić information content (AvgIpc) is 3.05. The maximum atomic E-state index is 12.9. The Morgan fingerprint density at radius 2 is 1.78 bits per heavy atom. The Labute approximate surface area is 184 Å². The number of aromatic nitrogens is 2. The van der Waals surface area contributed by atoms with E-state index in [-0.39, 0.29) is 18.4 Å². The number of aliphatic hydroxyl groups excluding tert-OH is 2. The minimum Gasteiger partial charge on any atom is -0.394 e. The van der Waals surface area contributed by atoms with Crippen LogP contribution in [0.3, 0.4) is 0 Å². The molecule has 0 spiro atoms. The van der Waals surface area contributed by atoms with Gasteiger partial charge in [0.25, 0.3) is 5.91 Å². The number of nitrogens with one attached hydrogen (secondary N) is 2. The van der Waals surface area contributed by atoms with Gasteiger partial charge in [-0.3, -0.25) is 4.79 Å². The van der Waals surface area contributed by atoms with Gasteiger partial charge in [0, 0.05) is 24.3 Å². The summed E-state index contributed by atoms with van der Waals surface area (Å²) < 4.78 is 38.8. The zero-order valence-corrected chi connectivity index (χ0v) is 17.5. The molecule has 0 radical (unpaired) electrons. The number of benzene rings is 1. The quantitative estimate of drug-likeness (QED) is 0.480. The lowest BCUT2D eigenvalue weighted by molar-refractivity contribution is -0.137. The summed E-state index contributed by atoms with van der Waals surface area (Å²) in [5.74, 6) is -0.387. The van der Waals surface area contributed by atoms with Crippen molar-refractivity contribution in [1.82, 2.24) is 15.3 Å². The predicted octanol–water partition coefficient (Wildman–Crippen LogP) is 3.38. The number of rotatable bonds is 7. The van der Waals surface area contributed by atoms with Crippen molar-refractivity contribution in [1.29, 1.82) is 0 Å². The molecule has 1 aromatic carbocycles. The molecule has 1 amide bonds. The first-order valence-corrected chi connectivity index (χ1v) is 10.7. The van der Waals surface area contributed by atoms with Gasteiger partial charge in [-0.25, -0.2) is 9.97 Å². The van der Waals surface area contributed by atoms with Gasteiger partial charge in [-0.2, -0.15) is 13.2 Å². The van der Waals surface area contributed by atoms with Gasteiger partial charge < -0.3 is 20.8 Å². The molecule has 32 heavy (non-hydrogen) atoms. The zero-order chi connectivity index (χ0) is 23.1. The monoisotopic (exact) mass is 452 g/mol. The summed E-state index contributed by atoms with van der Waals surface area (Å²) >= 11 is 0. The molecule has 4 N–H and O–H groups in total. The number of hydrogen-bond donors (Lipinski definition) is 4. The lowest BCUT2D eigenvalue weighted by Gasteiger charge is -2.20. The van der Waals surface area contributed by atoms with Gasteiger partial charge in [0.1, 0.15) is 5.82 Å². The second-order valence-corrected chi connectivity index (χ2v) is 7.91. The molecule has 1 aliphatic rings. The topological polar surface area (TPSA) is 107 Å². The molecule has 174 valence electrons. The van der Waals surface area contributed by atoms with Crippen LogP contribution in [0.15, 0.2) is 30.5 Å². The minimum absolute atomic E-state index is 0.132. The predicted molar refractivity (Wildman–Crippen MR) is 113 cm³/mol. The molecule has 3 rings (SSSR count). The largest absolute Gasteiger partial charge is 0.416 e. The SMILES string of the molecule is O=C(NCC(O)CO)c1ncc(-c2ccc(C(F)(F)F)cc2)c(NC2CCCCCC2)n1. The van der Waals surface area contributed by atoms with Gasteiger partial charge in [0.15, 0.2) is 0 Å². The van der Waals surface area contributed by atoms with Crippen LogP contribution in [0.5, 0.6) is 0 Å². The van der Waals surface area contributed by atoms with Crippen LogP contribution >= 0.6 is 0 Å². The van der Waals surface area contributed by atoms with E-state index in [9.17, 15) is 23.1 Å². The number of alkyl halides is 3. The Kier molecular flexibility index (Phi) is 8.03. The molecule has 10 heteroatoms. The van der Waals surface area contributed by atoms with E-state index < -0.39 is 30.4 Å². The van der Waals surface area contributed by atoms with E-state index in [1.165, 1.54) is 18.3 Å². The highest BCUT2D eigenvalue weighted by molar-refractivity contribution is 5.91. The van der Waals surface area contributed by atoms with Crippen molar-refractivity contribution in [3.05, 3.63) is 41.9 Å². The molecule has 1 saturated carbocycles. The van der Waals surface area contributed by atoms with Crippen molar-refractivity contribution in [3.63, 3.8) is 0 Å². The van der Waals surface area contributed by atoms with Gasteiger partial charge in [-0.05, 0) is 30.5 Å². The smallest absolute Gasteiger partial charge is 0.394 e. The fraction of sp³-hybridized carbons (Fsp3) is 0.500. The van der Waals surface area contributed by atoms with E-state index in [2.05, 4.69) is 20.6 Å². The Bertz CT molecular complexity index is 898. The first-order chi connectivity index (χ1) is 15.3. The van der Waals surface area contributed by atoms with Crippen LogP contribution in [-0.2, 0) is 6.18 Å². The summed E-state index contributed by atoms with van der Waals surface area (Å²) in [5, 5.41) is 24.1. The number of carbonyl (C=O) groups excluding carboxylic acids is 1. The van der Waals surface area contributed by atoms with Crippen molar-refractivity contribution in [2.75, 3.05) is 18.5 Å². The Hall–Kier alpha value is -2.72. The summed E-state index contributed by atoms with van der Waals surface area (Å²) in [5.41, 5.74) is 0.241. The van der Waals surface area contributed by atoms with Crippen LogP contribution in [0, 0.1) is 0 Å². The first-order valence-electron chi connectivity index (χ1n) is 10.7. The molecule has 0 bridgehead atoms. The number of aliphatic hydroxyl groups is 2. The molecule has 1 atom stereocenters. The van der Waals surface area contributed by atoms with Crippen molar-refractivity contribution >= 4 is 11.7 Å². The van der Waals surface area contributed by atoms with Crippen LogP contribution in [0.25, 0.3) is 11.1 Å². The van der Waals surface area contributed by atoms with Crippen molar-refractivity contribution < 1.29 is 28.2 Å². The van der Waals surface area contributed by atoms with Gasteiger partial charge in [-0.1, -0.05) is 37.8 Å². The van der Waals surface area contributed by atoms with Crippen molar-refractivity contribution in [2.24, 2.45) is 0 Å². The maximum absolute atomic E-state index is 12.9. The second kappa shape index (κ2) is 10.7. The van der Waals surface area contributed by atoms with Crippen LogP contribution in [-0.4, -0.2) is 51.4 Å². The fourth-order valence-corrected chi connectivity index (χ4v) is 3.62. The number of carbonyl (C=O) groups is 1. The third kappa shape index (κ3) is 6.39. The highest BCUT2D eigenvalue weighted by atomic mass is 19.4. The van der Waals surface area contributed by atoms with Gasteiger partial charge in [0.2, 0.25) is 5.82 Å². The molecule has 2 aromatic rings. The highest BCUT2D eigenvalue weighted by Gasteiger charge is 2.30.